The fourth-order valence-electron chi connectivity index (χ4n) is 1.12. The highest BCUT2D eigenvalue weighted by Crippen LogP contribution is 2.26. The second-order valence-corrected chi connectivity index (χ2v) is 3.32. The van der Waals surface area contributed by atoms with Crippen LogP contribution in [-0.2, 0) is 4.79 Å². The number of carbonyl (C=O) groups excluding carboxylic acids is 1. The van der Waals surface area contributed by atoms with Crippen molar-refractivity contribution >= 4 is 23.4 Å². The molecule has 80 valence electrons. The predicted molar refractivity (Wildman–Crippen MR) is 54.7 cm³/mol. The van der Waals surface area contributed by atoms with Gasteiger partial charge in [-0.05, 0) is 24.6 Å². The van der Waals surface area contributed by atoms with Gasteiger partial charge in [0.15, 0.2) is 0 Å². The summed E-state index contributed by atoms with van der Waals surface area (Å²) in [7, 11) is 1.41. The summed E-state index contributed by atoms with van der Waals surface area (Å²) in [4.78, 5) is 21.8. The molecule has 5 heteroatoms. The molecule has 0 aliphatic rings. The van der Waals surface area contributed by atoms with Crippen molar-refractivity contribution in [3.63, 3.8) is 0 Å². The lowest BCUT2D eigenvalue weighted by molar-refractivity contribution is -0.131. The van der Waals surface area contributed by atoms with E-state index >= 15 is 0 Å². The molecule has 0 amide bonds. The molecular formula is C10H9ClO4. The van der Waals surface area contributed by atoms with E-state index in [4.69, 9.17) is 21.4 Å². The Hall–Kier alpha value is -1.55. The average molecular weight is 229 g/mol. The van der Waals surface area contributed by atoms with Gasteiger partial charge in [0.2, 0.25) is 0 Å². The first-order valence-electron chi connectivity index (χ1n) is 4.09. The van der Waals surface area contributed by atoms with Crippen molar-refractivity contribution in [2.75, 3.05) is 7.11 Å². The zero-order chi connectivity index (χ0) is 11.6. The summed E-state index contributed by atoms with van der Waals surface area (Å²) in [5.74, 6) is -2.15. The molecule has 0 spiro atoms. The number of rotatable bonds is 3. The minimum absolute atomic E-state index is 0.0480. The maximum atomic E-state index is 11.3. The van der Waals surface area contributed by atoms with Gasteiger partial charge in [-0.2, -0.15) is 0 Å². The smallest absolute Gasteiger partial charge is 0.377 e. The van der Waals surface area contributed by atoms with Crippen LogP contribution < -0.4 is 4.74 Å². The van der Waals surface area contributed by atoms with Crippen LogP contribution in [0.25, 0.3) is 0 Å². The van der Waals surface area contributed by atoms with Gasteiger partial charge in [0.05, 0.1) is 7.11 Å². The highest BCUT2D eigenvalue weighted by molar-refractivity contribution is 6.41. The van der Waals surface area contributed by atoms with Crippen molar-refractivity contribution in [1.82, 2.24) is 0 Å². The summed E-state index contributed by atoms with van der Waals surface area (Å²) in [6, 6.07) is 2.88. The summed E-state index contributed by atoms with van der Waals surface area (Å²) < 4.78 is 4.89. The second-order valence-electron chi connectivity index (χ2n) is 2.92. The van der Waals surface area contributed by atoms with E-state index in [1.165, 1.54) is 19.2 Å². The van der Waals surface area contributed by atoms with Gasteiger partial charge in [-0.25, -0.2) is 4.79 Å². The topological polar surface area (TPSA) is 63.6 Å². The molecule has 4 nitrogen and oxygen atoms in total. The monoisotopic (exact) mass is 228 g/mol. The highest BCUT2D eigenvalue weighted by atomic mass is 35.5. The van der Waals surface area contributed by atoms with Crippen molar-refractivity contribution in [3.8, 4) is 5.75 Å². The molecule has 0 unspecified atom stereocenters. The van der Waals surface area contributed by atoms with E-state index in [0.717, 1.165) is 0 Å². The second kappa shape index (κ2) is 4.31. The molecule has 0 aliphatic carbocycles. The van der Waals surface area contributed by atoms with E-state index in [1.807, 2.05) is 0 Å². The maximum absolute atomic E-state index is 11.3. The molecule has 0 aliphatic heterocycles. The van der Waals surface area contributed by atoms with Crippen LogP contribution in [0.15, 0.2) is 12.1 Å². The van der Waals surface area contributed by atoms with E-state index < -0.39 is 11.8 Å². The first kappa shape index (κ1) is 11.5. The number of ether oxygens (including phenoxy) is 1. The van der Waals surface area contributed by atoms with Gasteiger partial charge in [-0.15, -0.1) is 0 Å². The van der Waals surface area contributed by atoms with Crippen molar-refractivity contribution in [1.29, 1.82) is 0 Å². The molecule has 0 bridgehead atoms. The molecule has 1 aromatic carbocycles. The van der Waals surface area contributed by atoms with Crippen LogP contribution in [0.2, 0.25) is 5.02 Å². The van der Waals surface area contributed by atoms with Gasteiger partial charge in [-0.3, -0.25) is 4.79 Å². The summed E-state index contributed by atoms with van der Waals surface area (Å²) >= 11 is 5.82. The normalized spacial score (nSPS) is 9.80. The van der Waals surface area contributed by atoms with Crippen molar-refractivity contribution in [2.45, 2.75) is 6.92 Å². The third kappa shape index (κ3) is 2.27. The molecule has 1 N–H and O–H groups in total. The number of hydrogen-bond donors (Lipinski definition) is 1. The Morgan fingerprint density at radius 1 is 1.40 bits per heavy atom. The summed E-state index contributed by atoms with van der Waals surface area (Å²) in [5, 5.41) is 8.89. The zero-order valence-electron chi connectivity index (χ0n) is 8.20. The SMILES string of the molecule is COc1cc(Cl)c(C)c(C(=O)C(=O)O)c1. The summed E-state index contributed by atoms with van der Waals surface area (Å²) in [6.45, 7) is 1.58. The maximum Gasteiger partial charge on any atom is 0.377 e. The number of benzene rings is 1. The minimum Gasteiger partial charge on any atom is -0.497 e. The molecule has 0 radical (unpaired) electrons. The van der Waals surface area contributed by atoms with Gasteiger partial charge in [0.25, 0.3) is 5.78 Å². The molecular weight excluding hydrogens is 220 g/mol. The molecule has 0 aromatic heterocycles. The molecule has 1 rings (SSSR count). The number of aliphatic carboxylic acids is 1. The first-order chi connectivity index (χ1) is 6.97. The Morgan fingerprint density at radius 3 is 2.47 bits per heavy atom. The van der Waals surface area contributed by atoms with Gasteiger partial charge >= 0.3 is 5.97 Å². The van der Waals surface area contributed by atoms with Crippen LogP contribution in [0.3, 0.4) is 0 Å². The Kier molecular flexibility index (Phi) is 3.31. The Balaban J connectivity index is 3.34. The molecule has 1 aromatic rings. The van der Waals surface area contributed by atoms with Crippen LogP contribution in [0, 0.1) is 6.92 Å². The molecule has 0 fully saturated rings. The van der Waals surface area contributed by atoms with E-state index in [9.17, 15) is 9.59 Å². The van der Waals surface area contributed by atoms with Crippen LogP contribution in [0.4, 0.5) is 0 Å². The van der Waals surface area contributed by atoms with Gasteiger partial charge < -0.3 is 9.84 Å². The number of carboxylic acid groups (broad SMARTS) is 1. The van der Waals surface area contributed by atoms with Crippen molar-refractivity contribution in [3.05, 3.63) is 28.3 Å². The first-order valence-corrected chi connectivity index (χ1v) is 4.47. The molecule has 0 atom stereocenters. The van der Waals surface area contributed by atoms with E-state index in [-0.39, 0.29) is 5.56 Å². The van der Waals surface area contributed by atoms with Gasteiger partial charge in [0.1, 0.15) is 5.75 Å². The van der Waals surface area contributed by atoms with Crippen molar-refractivity contribution < 1.29 is 19.4 Å². The number of ketones is 1. The summed E-state index contributed by atoms with van der Waals surface area (Å²) in [5.41, 5.74) is 0.483. The predicted octanol–water partition coefficient (Wildman–Crippen LogP) is 1.92. The zero-order valence-corrected chi connectivity index (χ0v) is 8.96. The standard InChI is InChI=1S/C10H9ClO4/c1-5-7(9(12)10(13)14)3-6(15-2)4-8(5)11/h3-4H,1-2H3,(H,13,14). The highest BCUT2D eigenvalue weighted by Gasteiger charge is 2.19. The number of hydrogen-bond acceptors (Lipinski definition) is 3. The number of halogens is 1. The largest absolute Gasteiger partial charge is 0.497 e. The average Bonchev–Trinajstić information content (AvgIpc) is 2.20. The van der Waals surface area contributed by atoms with Gasteiger partial charge in [-0.1, -0.05) is 11.6 Å². The number of methoxy groups -OCH3 is 1. The Labute approximate surface area is 91.4 Å². The minimum atomic E-state index is -1.51. The summed E-state index contributed by atoms with van der Waals surface area (Å²) in [6.07, 6.45) is 0. The van der Waals surface area contributed by atoms with E-state index in [0.29, 0.717) is 16.3 Å². The van der Waals surface area contributed by atoms with Gasteiger partial charge in [0, 0.05) is 10.6 Å². The lowest BCUT2D eigenvalue weighted by atomic mass is 10.0. The van der Waals surface area contributed by atoms with Crippen molar-refractivity contribution in [2.24, 2.45) is 0 Å². The number of carbonyl (C=O) groups is 2. The Morgan fingerprint density at radius 2 is 2.00 bits per heavy atom. The van der Waals surface area contributed by atoms with Crippen LogP contribution in [0.1, 0.15) is 15.9 Å². The molecule has 0 heterocycles. The third-order valence-corrected chi connectivity index (χ3v) is 2.38. The van der Waals surface area contributed by atoms with Crippen LogP contribution in [-0.4, -0.2) is 24.0 Å². The number of carboxylic acids is 1. The lowest BCUT2D eigenvalue weighted by Gasteiger charge is -2.07. The lowest BCUT2D eigenvalue weighted by Crippen LogP contribution is -2.14. The fourth-order valence-corrected chi connectivity index (χ4v) is 1.33. The third-order valence-electron chi connectivity index (χ3n) is 1.99. The fraction of sp³-hybridized carbons (Fsp3) is 0.200. The molecule has 15 heavy (non-hydrogen) atoms. The molecule has 0 saturated heterocycles. The number of Topliss-reactive ketones (excluding diaryl/α,β-unsaturated/α-hetero) is 1. The molecule has 0 saturated carbocycles. The quantitative estimate of drug-likeness (QED) is 0.634. The van der Waals surface area contributed by atoms with Crippen LogP contribution in [0.5, 0.6) is 5.75 Å². The van der Waals surface area contributed by atoms with E-state index in [2.05, 4.69) is 0 Å². The van der Waals surface area contributed by atoms with E-state index in [1.54, 1.807) is 6.92 Å². The van der Waals surface area contributed by atoms with Crippen LogP contribution >= 0.6 is 11.6 Å². The Bertz CT molecular complexity index is 426.